The number of nitrogens with two attached hydrogens (primary N) is 2. The summed E-state index contributed by atoms with van der Waals surface area (Å²) in [4.78, 5) is 51.2. The van der Waals surface area contributed by atoms with E-state index in [4.69, 9.17) is 22.0 Å². The number of aromatic nitrogens is 1. The number of carboxylic acid groups (broad SMARTS) is 2. The number of nitrogen functional groups attached to an aromatic ring is 1. The quantitative estimate of drug-likeness (QED) is 0.195. The Kier molecular flexibility index (Phi) is 13.7. The number of rotatable bonds is 8. The van der Waals surface area contributed by atoms with Crippen molar-refractivity contribution in [2.75, 3.05) is 19.6 Å². The van der Waals surface area contributed by atoms with E-state index in [1.807, 2.05) is 0 Å². The molecule has 2 aliphatic rings. The third-order valence-electron chi connectivity index (χ3n) is 6.85. The van der Waals surface area contributed by atoms with Gasteiger partial charge in [-0.3, -0.25) is 30.1 Å². The summed E-state index contributed by atoms with van der Waals surface area (Å²) >= 11 is 0. The van der Waals surface area contributed by atoms with E-state index in [0.717, 1.165) is 25.7 Å². The van der Waals surface area contributed by atoms with Crippen LogP contribution < -0.4 is 16.8 Å². The van der Waals surface area contributed by atoms with Crippen LogP contribution in [0.2, 0.25) is 0 Å². The largest absolute Gasteiger partial charge is 0.480 e. The minimum absolute atomic E-state index is 0. The van der Waals surface area contributed by atoms with Crippen molar-refractivity contribution in [3.8, 4) is 0 Å². The van der Waals surface area contributed by atoms with E-state index in [1.165, 1.54) is 23.2 Å². The highest BCUT2D eigenvalue weighted by atomic mass is 35.5. The molecule has 0 bridgehead atoms. The number of amidine groups is 1. The maximum Gasteiger partial charge on any atom is 0.329 e. The van der Waals surface area contributed by atoms with Gasteiger partial charge in [0.15, 0.2) is 0 Å². The van der Waals surface area contributed by atoms with Crippen LogP contribution in [0.25, 0.3) is 0 Å². The lowest BCUT2D eigenvalue weighted by Gasteiger charge is -2.46. The molecule has 2 fully saturated rings. The zero-order chi connectivity index (χ0) is 27.1. The highest BCUT2D eigenvalue weighted by Gasteiger charge is 2.56. The van der Waals surface area contributed by atoms with Crippen LogP contribution in [0.15, 0.2) is 18.3 Å². The minimum atomic E-state index is -1.14. The van der Waals surface area contributed by atoms with E-state index in [0.29, 0.717) is 30.6 Å². The lowest BCUT2D eigenvalue weighted by atomic mass is 9.64. The summed E-state index contributed by atoms with van der Waals surface area (Å²) in [5, 5.41) is 28.3. The number of aliphatic carboxylic acids is 2. The van der Waals surface area contributed by atoms with Crippen LogP contribution in [-0.4, -0.2) is 74.9 Å². The number of likely N-dealkylation sites (tertiary alicyclic amines) is 1. The van der Waals surface area contributed by atoms with Crippen molar-refractivity contribution in [3.63, 3.8) is 0 Å². The summed E-state index contributed by atoms with van der Waals surface area (Å²) in [7, 11) is 0. The molecule has 0 aromatic carbocycles. The Hall–Kier alpha value is -2.96. The number of pyridine rings is 1. The summed E-state index contributed by atoms with van der Waals surface area (Å²) in [5.74, 6) is -3.01. The van der Waals surface area contributed by atoms with Gasteiger partial charge in [0.2, 0.25) is 11.8 Å². The molecule has 3 rings (SSSR count). The molecule has 2 heterocycles. The lowest BCUT2D eigenvalue weighted by Crippen LogP contribution is -2.60. The Bertz CT molecular complexity index is 974. The highest BCUT2D eigenvalue weighted by Crippen LogP contribution is 2.48. The molecule has 2 amide bonds. The van der Waals surface area contributed by atoms with Crippen molar-refractivity contribution >= 4 is 54.4 Å². The van der Waals surface area contributed by atoms with Crippen molar-refractivity contribution in [1.82, 2.24) is 15.2 Å². The Balaban J connectivity index is 0.000000831. The third kappa shape index (κ3) is 8.81. The zero-order valence-corrected chi connectivity index (χ0v) is 23.2. The first-order valence-corrected chi connectivity index (χ1v) is 11.9. The minimum Gasteiger partial charge on any atom is -0.480 e. The van der Waals surface area contributed by atoms with Crippen molar-refractivity contribution in [3.05, 3.63) is 29.6 Å². The fourth-order valence-electron chi connectivity index (χ4n) is 5.19. The SMILES string of the molecule is CC1(C)CCCC([C@@]2(C(=O)O)CCCN2C(=O)CNCC(=O)O)C1.Cl.Cl.N=C(N)c1ccc(C(N)=O)cn1. The molecule has 14 heteroatoms. The average Bonchev–Trinajstić information content (AvgIpc) is 3.25. The molecule has 1 saturated heterocycles. The molecule has 12 nitrogen and oxygen atoms in total. The molecule has 1 unspecified atom stereocenters. The van der Waals surface area contributed by atoms with Crippen LogP contribution in [0, 0.1) is 16.7 Å². The summed E-state index contributed by atoms with van der Waals surface area (Å²) < 4.78 is 0. The molecule has 0 spiro atoms. The van der Waals surface area contributed by atoms with Gasteiger partial charge in [-0.25, -0.2) is 4.79 Å². The Morgan fingerprint density at radius 1 is 1.11 bits per heavy atom. The maximum absolute atomic E-state index is 12.6. The first kappa shape index (κ1) is 35.0. The fourth-order valence-corrected chi connectivity index (χ4v) is 5.19. The first-order chi connectivity index (χ1) is 16.8. The molecule has 214 valence electrons. The van der Waals surface area contributed by atoms with Gasteiger partial charge in [-0.15, -0.1) is 24.8 Å². The van der Waals surface area contributed by atoms with Crippen LogP contribution in [0.1, 0.15) is 68.4 Å². The van der Waals surface area contributed by atoms with Gasteiger partial charge in [0.05, 0.1) is 18.7 Å². The Labute approximate surface area is 234 Å². The fraction of sp³-hybridized carbons (Fsp3) is 0.583. The molecule has 8 N–H and O–H groups in total. The summed E-state index contributed by atoms with van der Waals surface area (Å²) in [6.07, 6.45) is 6.12. The van der Waals surface area contributed by atoms with Gasteiger partial charge >= 0.3 is 11.9 Å². The lowest BCUT2D eigenvalue weighted by molar-refractivity contribution is -0.162. The van der Waals surface area contributed by atoms with Crippen LogP contribution in [0.5, 0.6) is 0 Å². The van der Waals surface area contributed by atoms with Gasteiger partial charge in [-0.2, -0.15) is 0 Å². The van der Waals surface area contributed by atoms with Crippen LogP contribution in [0.4, 0.5) is 0 Å². The number of primary amides is 1. The number of nitrogens with zero attached hydrogens (tertiary/aromatic N) is 2. The van der Waals surface area contributed by atoms with Gasteiger partial charge in [0.1, 0.15) is 17.1 Å². The maximum atomic E-state index is 12.6. The molecule has 1 aliphatic carbocycles. The molecular formula is C24H38Cl2N6O6. The Morgan fingerprint density at radius 3 is 2.24 bits per heavy atom. The number of carbonyl (C=O) groups excluding carboxylic acids is 2. The van der Waals surface area contributed by atoms with Gasteiger partial charge in [-0.05, 0) is 55.6 Å². The third-order valence-corrected chi connectivity index (χ3v) is 6.85. The van der Waals surface area contributed by atoms with E-state index in [9.17, 15) is 24.3 Å². The molecular weight excluding hydrogens is 539 g/mol. The number of halogens is 2. The Morgan fingerprint density at radius 2 is 1.76 bits per heavy atom. The number of carbonyl (C=O) groups is 4. The normalized spacial score (nSPS) is 21.5. The standard InChI is InChI=1S/C17H28N2O5.C7H8N4O.2ClH/c1-16(2)6-3-5-12(9-16)17(15(23)24)7-4-8-19(17)13(20)10-18-11-14(21)22;8-6(9)5-2-1-4(3-11-5)7(10)12;;/h12,18H,3-11H2,1-2H3,(H,21,22)(H,23,24);1-3H,(H3,8,9)(H2,10,12);2*1H/t12?,17-;;;/m1.../s1. The van der Waals surface area contributed by atoms with Crippen molar-refractivity contribution in [2.24, 2.45) is 22.8 Å². The number of hydrogen-bond acceptors (Lipinski definition) is 7. The second kappa shape index (κ2) is 14.8. The van der Waals surface area contributed by atoms with Crippen LogP contribution >= 0.6 is 24.8 Å². The number of carboxylic acids is 2. The number of hydrogen-bond donors (Lipinski definition) is 6. The molecule has 1 aromatic rings. The second-order valence-electron chi connectivity index (χ2n) is 10.0. The predicted molar refractivity (Wildman–Crippen MR) is 146 cm³/mol. The van der Waals surface area contributed by atoms with Crippen LogP contribution in [0.3, 0.4) is 0 Å². The molecule has 1 aromatic heterocycles. The van der Waals surface area contributed by atoms with E-state index in [2.05, 4.69) is 24.1 Å². The predicted octanol–water partition coefficient (Wildman–Crippen LogP) is 1.63. The summed E-state index contributed by atoms with van der Waals surface area (Å²) in [6.45, 7) is 4.29. The highest BCUT2D eigenvalue weighted by molar-refractivity contribution is 5.95. The van der Waals surface area contributed by atoms with Crippen molar-refractivity contribution in [1.29, 1.82) is 5.41 Å². The van der Waals surface area contributed by atoms with Gasteiger partial charge in [-0.1, -0.05) is 20.3 Å². The average molecular weight is 578 g/mol. The van der Waals surface area contributed by atoms with Gasteiger partial charge in [0, 0.05) is 12.7 Å². The van der Waals surface area contributed by atoms with Gasteiger partial charge in [0.25, 0.3) is 0 Å². The topological polar surface area (TPSA) is 213 Å². The van der Waals surface area contributed by atoms with Gasteiger partial charge < -0.3 is 26.6 Å². The zero-order valence-electron chi connectivity index (χ0n) is 21.6. The summed E-state index contributed by atoms with van der Waals surface area (Å²) in [5.41, 5.74) is 9.71. The van der Waals surface area contributed by atoms with E-state index in [1.54, 1.807) is 0 Å². The van der Waals surface area contributed by atoms with E-state index in [-0.39, 0.29) is 61.0 Å². The molecule has 2 atom stereocenters. The smallest absolute Gasteiger partial charge is 0.329 e. The number of amides is 2. The first-order valence-electron chi connectivity index (χ1n) is 11.9. The molecule has 0 radical (unpaired) electrons. The number of nitrogens with one attached hydrogen (secondary N) is 2. The monoisotopic (exact) mass is 576 g/mol. The molecule has 1 saturated carbocycles. The molecule has 38 heavy (non-hydrogen) atoms. The van der Waals surface area contributed by atoms with E-state index < -0.39 is 23.4 Å². The summed E-state index contributed by atoms with van der Waals surface area (Å²) in [6, 6.07) is 2.95. The van der Waals surface area contributed by atoms with Crippen molar-refractivity contribution < 1.29 is 29.4 Å². The van der Waals surface area contributed by atoms with Crippen LogP contribution in [-0.2, 0) is 14.4 Å². The van der Waals surface area contributed by atoms with Crippen molar-refractivity contribution in [2.45, 2.75) is 57.9 Å². The second-order valence-corrected chi connectivity index (χ2v) is 10.0. The van der Waals surface area contributed by atoms with E-state index >= 15 is 0 Å². The molecule has 1 aliphatic heterocycles.